The number of allylic oxidation sites excluding steroid dienone is 1. The Hall–Kier alpha value is -1.40. The van der Waals surface area contributed by atoms with Gasteiger partial charge in [0.15, 0.2) is 0 Å². The largest absolute Gasteiger partial charge is 0.466 e. The molecule has 0 aliphatic rings. The number of amides is 1. The molecule has 2 atom stereocenters. The van der Waals surface area contributed by atoms with Gasteiger partial charge in [-0.1, -0.05) is 231 Å². The van der Waals surface area contributed by atoms with Gasteiger partial charge in [0.1, 0.15) is 0 Å². The van der Waals surface area contributed by atoms with Crippen LogP contribution in [0.1, 0.15) is 264 Å². The maximum absolute atomic E-state index is 12.4. The first-order valence-corrected chi connectivity index (χ1v) is 24.5. The Morgan fingerprint density at radius 3 is 1.24 bits per heavy atom. The third-order valence-corrected chi connectivity index (χ3v) is 11.3. The first kappa shape index (κ1) is 53.6. The fraction of sp³-hybridized carbons (Fsp3) is 0.918. The number of rotatable bonds is 45. The number of aliphatic hydroxyl groups is 2. The minimum atomic E-state index is -0.848. The van der Waals surface area contributed by atoms with Gasteiger partial charge in [0, 0.05) is 12.8 Å². The van der Waals surface area contributed by atoms with Crippen LogP contribution in [0, 0.1) is 0 Å². The van der Waals surface area contributed by atoms with Crippen LogP contribution in [0.4, 0.5) is 0 Å². The van der Waals surface area contributed by atoms with Crippen molar-refractivity contribution in [3.63, 3.8) is 0 Å². The van der Waals surface area contributed by atoms with Crippen molar-refractivity contribution in [3.8, 4) is 0 Å². The molecule has 0 fully saturated rings. The molecule has 0 bridgehead atoms. The lowest BCUT2D eigenvalue weighted by molar-refractivity contribution is -0.143. The molecule has 0 rings (SSSR count). The van der Waals surface area contributed by atoms with Crippen LogP contribution in [0.25, 0.3) is 0 Å². The van der Waals surface area contributed by atoms with Crippen LogP contribution in [-0.2, 0) is 14.3 Å². The van der Waals surface area contributed by atoms with Gasteiger partial charge in [-0.2, -0.15) is 0 Å². The summed E-state index contributed by atoms with van der Waals surface area (Å²) >= 11 is 0. The van der Waals surface area contributed by atoms with Gasteiger partial charge in [-0.05, 0) is 32.1 Å². The predicted octanol–water partition coefficient (Wildman–Crippen LogP) is 14.2. The van der Waals surface area contributed by atoms with Crippen molar-refractivity contribution >= 4 is 11.9 Å². The molecule has 6 nitrogen and oxygen atoms in total. The monoisotopic (exact) mass is 778 g/mol. The highest BCUT2D eigenvalue weighted by atomic mass is 16.5. The highest BCUT2D eigenvalue weighted by molar-refractivity contribution is 5.76. The molecule has 55 heavy (non-hydrogen) atoms. The summed E-state index contributed by atoms with van der Waals surface area (Å²) in [6, 6.07) is -0.633. The summed E-state index contributed by atoms with van der Waals surface area (Å²) in [5.41, 5.74) is 0. The van der Waals surface area contributed by atoms with E-state index in [9.17, 15) is 19.8 Å². The van der Waals surface area contributed by atoms with Crippen LogP contribution in [-0.4, -0.2) is 47.4 Å². The zero-order valence-electron chi connectivity index (χ0n) is 36.9. The molecule has 0 aliphatic carbocycles. The predicted molar refractivity (Wildman–Crippen MR) is 237 cm³/mol. The Balaban J connectivity index is 3.46. The summed E-state index contributed by atoms with van der Waals surface area (Å²) < 4.78 is 5.45. The van der Waals surface area contributed by atoms with E-state index in [1.54, 1.807) is 6.08 Å². The molecule has 2 unspecified atom stereocenters. The molecule has 0 aromatic heterocycles. The molecule has 0 aromatic carbocycles. The van der Waals surface area contributed by atoms with Gasteiger partial charge in [-0.15, -0.1) is 0 Å². The van der Waals surface area contributed by atoms with Crippen LogP contribution in [0.2, 0.25) is 0 Å². The summed E-state index contributed by atoms with van der Waals surface area (Å²) in [5.74, 6) is -0.0819. The van der Waals surface area contributed by atoms with Gasteiger partial charge < -0.3 is 20.3 Å². The molecular formula is C49H95NO5. The second kappa shape index (κ2) is 45.3. The first-order chi connectivity index (χ1) is 27.0. The van der Waals surface area contributed by atoms with Gasteiger partial charge >= 0.3 is 5.97 Å². The molecular weight excluding hydrogens is 683 g/mol. The average Bonchev–Trinajstić information content (AvgIpc) is 3.18. The number of ether oxygens (including phenoxy) is 1. The topological polar surface area (TPSA) is 95.9 Å². The van der Waals surface area contributed by atoms with Crippen molar-refractivity contribution in [2.75, 3.05) is 13.2 Å². The standard InChI is InChI=1S/C49H95NO5/c1-3-5-7-9-11-13-15-21-25-29-33-37-41-47(52)46(45-51)50-48(53)42-38-34-30-26-22-19-17-18-20-24-28-32-36-40-44-55-49(54)43-39-35-31-27-23-16-14-12-10-8-6-4-2/h37,41,46-47,51-52H,3-36,38-40,42-45H2,1-2H3,(H,50,53)/b41-37+. The lowest BCUT2D eigenvalue weighted by Gasteiger charge is -2.20. The number of carbonyl (C=O) groups excluding carboxylic acids is 2. The SMILES string of the molecule is CCCCCCCCCCCC/C=C/C(O)C(CO)NC(=O)CCCCCCCCCCCCCCCCOC(=O)CCCCCCCCCCCCCC. The van der Waals surface area contributed by atoms with Gasteiger partial charge in [-0.25, -0.2) is 0 Å². The molecule has 0 radical (unpaired) electrons. The van der Waals surface area contributed by atoms with E-state index in [1.165, 1.54) is 180 Å². The van der Waals surface area contributed by atoms with E-state index in [0.29, 0.717) is 19.4 Å². The van der Waals surface area contributed by atoms with Crippen LogP contribution in [0.3, 0.4) is 0 Å². The zero-order chi connectivity index (χ0) is 40.1. The van der Waals surface area contributed by atoms with Crippen LogP contribution < -0.4 is 5.32 Å². The minimum Gasteiger partial charge on any atom is -0.466 e. The number of unbranched alkanes of at least 4 members (excludes halogenated alkanes) is 34. The fourth-order valence-electron chi connectivity index (χ4n) is 7.51. The number of nitrogens with one attached hydrogen (secondary N) is 1. The number of aliphatic hydroxyl groups excluding tert-OH is 2. The van der Waals surface area contributed by atoms with Crippen molar-refractivity contribution in [3.05, 3.63) is 12.2 Å². The summed E-state index contributed by atoms with van der Waals surface area (Å²) in [5, 5.41) is 23.0. The van der Waals surface area contributed by atoms with E-state index in [0.717, 1.165) is 57.8 Å². The van der Waals surface area contributed by atoms with Crippen LogP contribution >= 0.6 is 0 Å². The summed E-state index contributed by atoms with van der Waals surface area (Å²) in [4.78, 5) is 24.4. The third-order valence-electron chi connectivity index (χ3n) is 11.3. The minimum absolute atomic E-state index is 0.00304. The molecule has 0 aromatic rings. The quantitative estimate of drug-likeness (QED) is 0.0325. The average molecular weight is 778 g/mol. The van der Waals surface area contributed by atoms with Crippen LogP contribution in [0.5, 0.6) is 0 Å². The normalized spacial score (nSPS) is 12.7. The molecule has 0 aliphatic heterocycles. The number of esters is 1. The molecule has 326 valence electrons. The molecule has 6 heteroatoms. The summed E-state index contributed by atoms with van der Waals surface area (Å²) in [6.07, 6.45) is 50.6. The van der Waals surface area contributed by atoms with Crippen molar-refractivity contribution < 1.29 is 24.5 Å². The first-order valence-electron chi connectivity index (χ1n) is 24.5. The molecule has 0 spiro atoms. The maximum atomic E-state index is 12.4. The van der Waals surface area contributed by atoms with Crippen molar-refractivity contribution in [1.82, 2.24) is 5.32 Å². The highest BCUT2D eigenvalue weighted by Crippen LogP contribution is 2.16. The molecule has 3 N–H and O–H groups in total. The third kappa shape index (κ3) is 42.0. The Morgan fingerprint density at radius 1 is 0.491 bits per heavy atom. The van der Waals surface area contributed by atoms with Gasteiger partial charge in [-0.3, -0.25) is 9.59 Å². The smallest absolute Gasteiger partial charge is 0.305 e. The maximum Gasteiger partial charge on any atom is 0.305 e. The Kier molecular flexibility index (Phi) is 44.2. The molecule has 0 saturated carbocycles. The van der Waals surface area contributed by atoms with Gasteiger partial charge in [0.25, 0.3) is 0 Å². The number of carbonyl (C=O) groups is 2. The van der Waals surface area contributed by atoms with E-state index in [2.05, 4.69) is 19.2 Å². The van der Waals surface area contributed by atoms with Crippen molar-refractivity contribution in [2.24, 2.45) is 0 Å². The number of hydrogen-bond donors (Lipinski definition) is 3. The molecule has 0 saturated heterocycles. The lowest BCUT2D eigenvalue weighted by Crippen LogP contribution is -2.45. The van der Waals surface area contributed by atoms with Crippen LogP contribution in [0.15, 0.2) is 12.2 Å². The Morgan fingerprint density at radius 2 is 0.836 bits per heavy atom. The fourth-order valence-corrected chi connectivity index (χ4v) is 7.51. The second-order valence-electron chi connectivity index (χ2n) is 16.8. The van der Waals surface area contributed by atoms with E-state index in [4.69, 9.17) is 4.74 Å². The van der Waals surface area contributed by atoms with Crippen molar-refractivity contribution in [2.45, 2.75) is 276 Å². The Bertz CT molecular complexity index is 817. The van der Waals surface area contributed by atoms with Crippen molar-refractivity contribution in [1.29, 1.82) is 0 Å². The zero-order valence-corrected chi connectivity index (χ0v) is 36.9. The van der Waals surface area contributed by atoms with E-state index < -0.39 is 12.1 Å². The van der Waals surface area contributed by atoms with Gasteiger partial charge in [0.05, 0.1) is 25.4 Å². The lowest BCUT2D eigenvalue weighted by atomic mass is 10.0. The number of hydrogen-bond acceptors (Lipinski definition) is 5. The van der Waals surface area contributed by atoms with E-state index in [1.807, 2.05) is 6.08 Å². The summed E-state index contributed by atoms with van der Waals surface area (Å²) in [7, 11) is 0. The Labute approximate surface area is 342 Å². The second-order valence-corrected chi connectivity index (χ2v) is 16.8. The highest BCUT2D eigenvalue weighted by Gasteiger charge is 2.18. The molecule has 0 heterocycles. The molecule has 1 amide bonds. The van der Waals surface area contributed by atoms with Gasteiger partial charge in [0.2, 0.25) is 5.91 Å². The van der Waals surface area contributed by atoms with E-state index >= 15 is 0 Å². The summed E-state index contributed by atoms with van der Waals surface area (Å²) in [6.45, 7) is 4.87. The van der Waals surface area contributed by atoms with E-state index in [-0.39, 0.29) is 18.5 Å².